The Balaban J connectivity index is 2.52. The molecule has 0 spiro atoms. The Hall–Kier alpha value is -0.590. The molecule has 6 heteroatoms. The Morgan fingerprint density at radius 3 is 2.68 bits per heavy atom. The van der Waals surface area contributed by atoms with Gasteiger partial charge >= 0.3 is 0 Å². The third-order valence-electron chi connectivity index (χ3n) is 2.65. The summed E-state index contributed by atoms with van der Waals surface area (Å²) in [6, 6.07) is 5.59. The number of anilines is 1. The van der Waals surface area contributed by atoms with Gasteiger partial charge in [-0.05, 0) is 66.5 Å². The fourth-order valence-electron chi connectivity index (χ4n) is 1.65. The summed E-state index contributed by atoms with van der Waals surface area (Å²) in [6.45, 7) is 5.75. The van der Waals surface area contributed by atoms with Crippen molar-refractivity contribution in [2.45, 2.75) is 26.7 Å². The van der Waals surface area contributed by atoms with Crippen LogP contribution in [0.15, 0.2) is 22.7 Å². The van der Waals surface area contributed by atoms with Gasteiger partial charge in [0.05, 0.1) is 11.4 Å². The molecule has 19 heavy (non-hydrogen) atoms. The summed E-state index contributed by atoms with van der Waals surface area (Å²) >= 11 is 3.35. The van der Waals surface area contributed by atoms with Gasteiger partial charge in [-0.15, -0.1) is 0 Å². The van der Waals surface area contributed by atoms with E-state index in [9.17, 15) is 8.42 Å². The number of rotatable bonds is 8. The zero-order valence-corrected chi connectivity index (χ0v) is 13.8. The fourth-order valence-corrected chi connectivity index (χ4v) is 3.32. The second-order valence-corrected chi connectivity index (χ2v) is 7.16. The zero-order chi connectivity index (χ0) is 14.3. The van der Waals surface area contributed by atoms with Crippen molar-refractivity contribution in [1.82, 2.24) is 5.32 Å². The van der Waals surface area contributed by atoms with Crippen molar-refractivity contribution >= 4 is 31.6 Å². The van der Waals surface area contributed by atoms with Crippen LogP contribution in [0.2, 0.25) is 0 Å². The van der Waals surface area contributed by atoms with Crippen molar-refractivity contribution < 1.29 is 8.42 Å². The number of benzene rings is 1. The molecule has 2 N–H and O–H groups in total. The minimum atomic E-state index is -3.27. The maximum Gasteiger partial charge on any atom is 0.232 e. The second-order valence-electron chi connectivity index (χ2n) is 4.46. The molecule has 0 aromatic heterocycles. The predicted molar refractivity (Wildman–Crippen MR) is 84.1 cm³/mol. The Morgan fingerprint density at radius 2 is 2.00 bits per heavy atom. The summed E-state index contributed by atoms with van der Waals surface area (Å²) in [4.78, 5) is 0. The van der Waals surface area contributed by atoms with Gasteiger partial charge in [0.1, 0.15) is 0 Å². The average Bonchev–Trinajstić information content (AvgIpc) is 2.33. The molecule has 0 aliphatic carbocycles. The highest BCUT2D eigenvalue weighted by Crippen LogP contribution is 2.24. The highest BCUT2D eigenvalue weighted by atomic mass is 79.9. The van der Waals surface area contributed by atoms with E-state index in [0.717, 1.165) is 29.5 Å². The summed E-state index contributed by atoms with van der Waals surface area (Å²) < 4.78 is 27.3. The molecule has 0 amide bonds. The molecule has 0 bridgehead atoms. The van der Waals surface area contributed by atoms with Crippen LogP contribution in [0.5, 0.6) is 0 Å². The minimum Gasteiger partial charge on any atom is -0.317 e. The fraction of sp³-hybridized carbons (Fsp3) is 0.538. The summed E-state index contributed by atoms with van der Waals surface area (Å²) in [5, 5.41) is 3.18. The average molecular weight is 349 g/mol. The van der Waals surface area contributed by atoms with Gasteiger partial charge in [-0.1, -0.05) is 13.0 Å². The lowest BCUT2D eigenvalue weighted by Crippen LogP contribution is -2.19. The molecular weight excluding hydrogens is 328 g/mol. The Morgan fingerprint density at radius 1 is 1.26 bits per heavy atom. The van der Waals surface area contributed by atoms with E-state index in [2.05, 4.69) is 26.0 Å². The van der Waals surface area contributed by atoms with Crippen LogP contribution in [0.4, 0.5) is 5.69 Å². The molecule has 0 atom stereocenters. The third kappa shape index (κ3) is 6.40. The molecule has 0 fully saturated rings. The van der Waals surface area contributed by atoms with Gasteiger partial charge in [0.2, 0.25) is 10.0 Å². The highest BCUT2D eigenvalue weighted by Gasteiger charge is 2.12. The molecule has 1 aromatic carbocycles. The van der Waals surface area contributed by atoms with Crippen molar-refractivity contribution in [3.05, 3.63) is 28.2 Å². The first-order valence-corrected chi connectivity index (χ1v) is 8.86. The van der Waals surface area contributed by atoms with Crippen LogP contribution < -0.4 is 10.0 Å². The number of sulfonamides is 1. The zero-order valence-electron chi connectivity index (χ0n) is 11.4. The molecular formula is C13H21BrN2O2S. The molecule has 0 aliphatic heterocycles. The van der Waals surface area contributed by atoms with Gasteiger partial charge in [-0.2, -0.15) is 0 Å². The molecule has 0 heterocycles. The second kappa shape index (κ2) is 7.87. The first-order chi connectivity index (χ1) is 8.94. The maximum absolute atomic E-state index is 11.9. The quantitative estimate of drug-likeness (QED) is 0.710. The largest absolute Gasteiger partial charge is 0.317 e. The van der Waals surface area contributed by atoms with Crippen LogP contribution in [0.3, 0.4) is 0 Å². The molecule has 108 valence electrons. The van der Waals surface area contributed by atoms with E-state index in [1.807, 2.05) is 32.0 Å². The van der Waals surface area contributed by atoms with Gasteiger partial charge < -0.3 is 5.32 Å². The Kier molecular flexibility index (Phi) is 6.82. The highest BCUT2D eigenvalue weighted by molar-refractivity contribution is 9.10. The Bertz CT molecular complexity index is 503. The molecule has 0 aliphatic rings. The normalized spacial score (nSPS) is 11.5. The smallest absolute Gasteiger partial charge is 0.232 e. The summed E-state index contributed by atoms with van der Waals surface area (Å²) in [5.74, 6) is 0.152. The van der Waals surface area contributed by atoms with Gasteiger partial charge in [-0.25, -0.2) is 8.42 Å². The van der Waals surface area contributed by atoms with E-state index < -0.39 is 10.0 Å². The minimum absolute atomic E-state index is 0.152. The lowest BCUT2D eigenvalue weighted by Gasteiger charge is -2.10. The predicted octanol–water partition coefficient (Wildman–Crippen LogP) is 2.89. The molecule has 0 radical (unpaired) electrons. The monoisotopic (exact) mass is 348 g/mol. The van der Waals surface area contributed by atoms with E-state index in [4.69, 9.17) is 0 Å². The van der Waals surface area contributed by atoms with E-state index in [1.165, 1.54) is 0 Å². The molecule has 1 aromatic rings. The summed E-state index contributed by atoms with van der Waals surface area (Å²) in [6.07, 6.45) is 1.52. The maximum atomic E-state index is 11.9. The van der Waals surface area contributed by atoms with Crippen LogP contribution in [0.1, 0.15) is 25.3 Å². The lowest BCUT2D eigenvalue weighted by molar-refractivity contribution is 0.593. The standard InChI is InChI=1S/C13H21BrN2O2S/c1-3-15-8-4-5-9-19(17,18)16-13-10-11(2)6-7-12(13)14/h6-7,10,15-16H,3-5,8-9H2,1-2H3. The molecule has 1 rings (SSSR count). The van der Waals surface area contributed by atoms with E-state index in [1.54, 1.807) is 0 Å². The lowest BCUT2D eigenvalue weighted by atomic mass is 10.2. The van der Waals surface area contributed by atoms with Gasteiger partial charge in [0.15, 0.2) is 0 Å². The van der Waals surface area contributed by atoms with Crippen molar-refractivity contribution in [2.24, 2.45) is 0 Å². The van der Waals surface area contributed by atoms with Crippen molar-refractivity contribution in [3.63, 3.8) is 0 Å². The molecule has 0 saturated heterocycles. The topological polar surface area (TPSA) is 58.2 Å². The van der Waals surface area contributed by atoms with Crippen LogP contribution in [0.25, 0.3) is 0 Å². The van der Waals surface area contributed by atoms with Crippen molar-refractivity contribution in [3.8, 4) is 0 Å². The number of nitrogens with one attached hydrogen (secondary N) is 2. The van der Waals surface area contributed by atoms with Gasteiger partial charge in [-0.3, -0.25) is 4.72 Å². The van der Waals surface area contributed by atoms with Crippen molar-refractivity contribution in [1.29, 1.82) is 0 Å². The number of unbranched alkanes of at least 4 members (excludes halogenated alkanes) is 1. The third-order valence-corrected chi connectivity index (χ3v) is 4.70. The number of halogens is 1. The number of aryl methyl sites for hydroxylation is 1. The molecule has 0 unspecified atom stereocenters. The summed E-state index contributed by atoms with van der Waals surface area (Å²) in [5.41, 5.74) is 1.62. The van der Waals surface area contributed by atoms with E-state index >= 15 is 0 Å². The van der Waals surface area contributed by atoms with E-state index in [-0.39, 0.29) is 5.75 Å². The summed E-state index contributed by atoms with van der Waals surface area (Å²) in [7, 11) is -3.27. The van der Waals surface area contributed by atoms with Crippen LogP contribution in [-0.4, -0.2) is 27.3 Å². The van der Waals surface area contributed by atoms with Gasteiger partial charge in [0.25, 0.3) is 0 Å². The van der Waals surface area contributed by atoms with Crippen LogP contribution >= 0.6 is 15.9 Å². The first kappa shape index (κ1) is 16.5. The van der Waals surface area contributed by atoms with Crippen LogP contribution in [-0.2, 0) is 10.0 Å². The van der Waals surface area contributed by atoms with E-state index in [0.29, 0.717) is 12.1 Å². The molecule has 0 saturated carbocycles. The number of hydrogen-bond donors (Lipinski definition) is 2. The van der Waals surface area contributed by atoms with Crippen LogP contribution in [0, 0.1) is 6.92 Å². The SMILES string of the molecule is CCNCCCCS(=O)(=O)Nc1cc(C)ccc1Br. The number of hydrogen-bond acceptors (Lipinski definition) is 3. The molecule has 4 nitrogen and oxygen atoms in total. The van der Waals surface area contributed by atoms with Gasteiger partial charge in [0, 0.05) is 4.47 Å². The Labute approximate surface area is 124 Å². The van der Waals surface area contributed by atoms with Crippen molar-refractivity contribution in [2.75, 3.05) is 23.6 Å². The first-order valence-electron chi connectivity index (χ1n) is 6.42.